The third kappa shape index (κ3) is 1.73. The lowest BCUT2D eigenvalue weighted by Crippen LogP contribution is -2.13. The van der Waals surface area contributed by atoms with Gasteiger partial charge in [0, 0.05) is 16.2 Å². The highest BCUT2D eigenvalue weighted by atomic mass is 16.5. The molecule has 0 bridgehead atoms. The molecule has 0 unspecified atom stereocenters. The number of aryl methyl sites for hydroxylation is 3. The van der Waals surface area contributed by atoms with Gasteiger partial charge in [-0.1, -0.05) is 18.2 Å². The van der Waals surface area contributed by atoms with Crippen molar-refractivity contribution in [1.29, 1.82) is 0 Å². The molecule has 0 saturated heterocycles. The van der Waals surface area contributed by atoms with Crippen LogP contribution >= 0.6 is 0 Å². The standard InChI is InChI=1S/C18H16N2O2/c1-10-15(18(21)22-2)16-11-6-3-4-7-12(11)20-14-9-5-8-13(19-10)17(14)16/h3-4,6-7H,5,8-9H2,1-2H3. The molecule has 0 amide bonds. The molecule has 0 saturated carbocycles. The highest BCUT2D eigenvalue weighted by Crippen LogP contribution is 2.36. The first-order valence-corrected chi connectivity index (χ1v) is 7.50. The van der Waals surface area contributed by atoms with E-state index in [1.807, 2.05) is 31.2 Å². The summed E-state index contributed by atoms with van der Waals surface area (Å²) >= 11 is 0. The highest BCUT2D eigenvalue weighted by Gasteiger charge is 2.24. The number of nitrogens with zero attached hydrogens (tertiary/aromatic N) is 2. The number of pyridine rings is 2. The molecular weight excluding hydrogens is 276 g/mol. The second-order valence-electron chi connectivity index (χ2n) is 5.69. The summed E-state index contributed by atoms with van der Waals surface area (Å²) in [5, 5.41) is 3.00. The summed E-state index contributed by atoms with van der Waals surface area (Å²) in [7, 11) is 1.41. The Morgan fingerprint density at radius 2 is 1.82 bits per heavy atom. The van der Waals surface area contributed by atoms with Crippen LogP contribution in [0.5, 0.6) is 0 Å². The lowest BCUT2D eigenvalue weighted by Gasteiger charge is -2.20. The predicted octanol–water partition coefficient (Wildman–Crippen LogP) is 3.37. The van der Waals surface area contributed by atoms with Crippen LogP contribution in [0.4, 0.5) is 0 Å². The van der Waals surface area contributed by atoms with E-state index in [0.717, 1.165) is 58.0 Å². The van der Waals surface area contributed by atoms with E-state index in [2.05, 4.69) is 4.98 Å². The van der Waals surface area contributed by atoms with Crippen molar-refractivity contribution in [3.05, 3.63) is 46.9 Å². The fourth-order valence-corrected chi connectivity index (χ4v) is 3.47. The lowest BCUT2D eigenvalue weighted by atomic mass is 9.90. The molecule has 2 aromatic heterocycles. The van der Waals surface area contributed by atoms with Crippen LogP contribution in [0.15, 0.2) is 24.3 Å². The Hall–Kier alpha value is -2.49. The van der Waals surface area contributed by atoms with Gasteiger partial charge in [0.15, 0.2) is 0 Å². The normalized spacial score (nSPS) is 13.5. The number of benzene rings is 1. The second kappa shape index (κ2) is 4.77. The molecule has 4 rings (SSSR count). The molecule has 0 radical (unpaired) electrons. The number of hydrogen-bond acceptors (Lipinski definition) is 4. The van der Waals surface area contributed by atoms with Gasteiger partial charge in [0.1, 0.15) is 0 Å². The van der Waals surface area contributed by atoms with Gasteiger partial charge in [-0.2, -0.15) is 0 Å². The molecule has 1 aliphatic carbocycles. The number of rotatable bonds is 1. The van der Waals surface area contributed by atoms with Gasteiger partial charge in [-0.15, -0.1) is 0 Å². The molecule has 4 heteroatoms. The van der Waals surface area contributed by atoms with Crippen molar-refractivity contribution in [2.24, 2.45) is 0 Å². The summed E-state index contributed by atoms with van der Waals surface area (Å²) in [6.07, 6.45) is 2.92. The first-order chi connectivity index (χ1) is 10.7. The van der Waals surface area contributed by atoms with Crippen molar-refractivity contribution >= 4 is 27.6 Å². The number of fused-ring (bicyclic) bond motifs is 2. The van der Waals surface area contributed by atoms with Crippen LogP contribution in [0.2, 0.25) is 0 Å². The van der Waals surface area contributed by atoms with Crippen LogP contribution in [-0.4, -0.2) is 23.0 Å². The number of ether oxygens (including phenoxy) is 1. The molecule has 2 heterocycles. The quantitative estimate of drug-likeness (QED) is 0.510. The van der Waals surface area contributed by atoms with Gasteiger partial charge < -0.3 is 4.74 Å². The average molecular weight is 292 g/mol. The van der Waals surface area contributed by atoms with E-state index in [4.69, 9.17) is 9.72 Å². The van der Waals surface area contributed by atoms with Crippen LogP contribution in [-0.2, 0) is 17.6 Å². The van der Waals surface area contributed by atoms with Gasteiger partial charge in [0.2, 0.25) is 0 Å². The zero-order chi connectivity index (χ0) is 15.3. The Morgan fingerprint density at radius 3 is 2.59 bits per heavy atom. The van der Waals surface area contributed by atoms with Gasteiger partial charge in [0.05, 0.1) is 35.3 Å². The lowest BCUT2D eigenvalue weighted by molar-refractivity contribution is 0.0601. The number of carbonyl (C=O) groups excluding carboxylic acids is 1. The summed E-state index contributed by atoms with van der Waals surface area (Å²) in [5.41, 5.74) is 4.34. The average Bonchev–Trinajstić information content (AvgIpc) is 2.54. The van der Waals surface area contributed by atoms with Crippen LogP contribution in [0, 0.1) is 6.92 Å². The molecular formula is C18H16N2O2. The van der Waals surface area contributed by atoms with E-state index in [1.54, 1.807) is 0 Å². The first kappa shape index (κ1) is 13.2. The molecule has 110 valence electrons. The maximum Gasteiger partial charge on any atom is 0.340 e. The number of hydrogen-bond donors (Lipinski definition) is 0. The molecule has 1 aromatic carbocycles. The SMILES string of the molecule is COC(=O)c1c(C)nc2c3c(nc4ccccc4c13)CCC2. The topological polar surface area (TPSA) is 52.1 Å². The van der Waals surface area contributed by atoms with E-state index in [0.29, 0.717) is 5.56 Å². The predicted molar refractivity (Wildman–Crippen MR) is 85.1 cm³/mol. The molecule has 0 fully saturated rings. The zero-order valence-corrected chi connectivity index (χ0v) is 12.6. The molecule has 22 heavy (non-hydrogen) atoms. The Morgan fingerprint density at radius 1 is 1.09 bits per heavy atom. The highest BCUT2D eigenvalue weighted by molar-refractivity contribution is 6.17. The molecule has 0 N–H and O–H groups in total. The number of carbonyl (C=O) groups is 1. The van der Waals surface area contributed by atoms with E-state index < -0.39 is 0 Å². The monoisotopic (exact) mass is 292 g/mol. The number of methoxy groups -OCH3 is 1. The zero-order valence-electron chi connectivity index (χ0n) is 12.6. The summed E-state index contributed by atoms with van der Waals surface area (Å²) in [6, 6.07) is 7.97. The molecule has 0 atom stereocenters. The van der Waals surface area contributed by atoms with Crippen LogP contribution in [0.25, 0.3) is 21.7 Å². The molecule has 1 aliphatic rings. The summed E-state index contributed by atoms with van der Waals surface area (Å²) < 4.78 is 5.01. The number of esters is 1. The van der Waals surface area contributed by atoms with Gasteiger partial charge in [-0.05, 0) is 32.3 Å². The maximum absolute atomic E-state index is 12.3. The fraction of sp³-hybridized carbons (Fsp3) is 0.278. The van der Waals surface area contributed by atoms with Gasteiger partial charge in [0.25, 0.3) is 0 Å². The van der Waals surface area contributed by atoms with Crippen molar-refractivity contribution < 1.29 is 9.53 Å². The minimum atomic E-state index is -0.329. The molecule has 0 aliphatic heterocycles. The van der Waals surface area contributed by atoms with Crippen molar-refractivity contribution in [3.63, 3.8) is 0 Å². The van der Waals surface area contributed by atoms with Crippen LogP contribution in [0.3, 0.4) is 0 Å². The third-order valence-electron chi connectivity index (χ3n) is 4.39. The van der Waals surface area contributed by atoms with Crippen molar-refractivity contribution in [2.45, 2.75) is 26.2 Å². The summed E-state index contributed by atoms with van der Waals surface area (Å²) in [5.74, 6) is -0.329. The largest absolute Gasteiger partial charge is 0.465 e. The Labute approximate surface area is 128 Å². The van der Waals surface area contributed by atoms with Gasteiger partial charge in [-0.3, -0.25) is 9.97 Å². The molecule has 3 aromatic rings. The summed E-state index contributed by atoms with van der Waals surface area (Å²) in [6.45, 7) is 1.88. The maximum atomic E-state index is 12.3. The van der Waals surface area contributed by atoms with Gasteiger partial charge >= 0.3 is 5.97 Å². The van der Waals surface area contributed by atoms with Crippen LogP contribution in [0.1, 0.15) is 33.9 Å². The molecule has 0 spiro atoms. The Balaban J connectivity index is 2.29. The van der Waals surface area contributed by atoms with E-state index in [-0.39, 0.29) is 5.97 Å². The Kier molecular flexibility index (Phi) is 2.86. The van der Waals surface area contributed by atoms with Gasteiger partial charge in [-0.25, -0.2) is 4.79 Å². The van der Waals surface area contributed by atoms with Crippen molar-refractivity contribution in [3.8, 4) is 0 Å². The summed E-state index contributed by atoms with van der Waals surface area (Å²) in [4.78, 5) is 21.8. The van der Waals surface area contributed by atoms with Crippen LogP contribution < -0.4 is 0 Å². The minimum Gasteiger partial charge on any atom is -0.465 e. The van der Waals surface area contributed by atoms with Crippen molar-refractivity contribution in [2.75, 3.05) is 7.11 Å². The van der Waals surface area contributed by atoms with E-state index >= 15 is 0 Å². The number of para-hydroxylation sites is 1. The first-order valence-electron chi connectivity index (χ1n) is 7.50. The minimum absolute atomic E-state index is 0.329. The van der Waals surface area contributed by atoms with E-state index in [9.17, 15) is 4.79 Å². The second-order valence-corrected chi connectivity index (χ2v) is 5.69. The van der Waals surface area contributed by atoms with E-state index in [1.165, 1.54) is 7.11 Å². The number of aromatic nitrogens is 2. The fourth-order valence-electron chi connectivity index (χ4n) is 3.47. The smallest absolute Gasteiger partial charge is 0.340 e. The molecule has 4 nitrogen and oxygen atoms in total. The third-order valence-corrected chi connectivity index (χ3v) is 4.39. The Bertz CT molecular complexity index is 931. The van der Waals surface area contributed by atoms with Crippen molar-refractivity contribution in [1.82, 2.24) is 9.97 Å².